The first kappa shape index (κ1) is 20.6. The number of halogens is 3. The zero-order chi connectivity index (χ0) is 19.1. The second-order valence-corrected chi connectivity index (χ2v) is 6.94. The van der Waals surface area contributed by atoms with Gasteiger partial charge in [0.1, 0.15) is 18.2 Å². The summed E-state index contributed by atoms with van der Waals surface area (Å²) in [4.78, 5) is 17.2. The molecule has 1 heterocycles. The fourth-order valence-corrected chi connectivity index (χ4v) is 2.78. The number of ether oxygens (including phenoxy) is 1. The maximum Gasteiger partial charge on any atom is 0.337 e. The van der Waals surface area contributed by atoms with E-state index in [4.69, 9.17) is 33.0 Å². The third-order valence-electron chi connectivity index (χ3n) is 3.57. The lowest BCUT2D eigenvalue weighted by molar-refractivity contribution is 0.0696. The summed E-state index contributed by atoms with van der Waals surface area (Å²) in [7, 11) is 0. The van der Waals surface area contributed by atoms with Crippen molar-refractivity contribution in [3.05, 3.63) is 62.7 Å². The summed E-state index contributed by atoms with van der Waals surface area (Å²) in [6.45, 7) is 3.40. The fourth-order valence-electron chi connectivity index (χ4n) is 2.25. The van der Waals surface area contributed by atoms with Gasteiger partial charge in [0.25, 0.3) is 0 Å². The van der Waals surface area contributed by atoms with Crippen LogP contribution in [0.25, 0.3) is 0 Å². The van der Waals surface area contributed by atoms with Gasteiger partial charge in [0.05, 0.1) is 10.6 Å². The highest BCUT2D eigenvalue weighted by Gasteiger charge is 2.13. The smallest absolute Gasteiger partial charge is 0.337 e. The molecular weight excluding hydrogens is 443 g/mol. The molecule has 0 atom stereocenters. The van der Waals surface area contributed by atoms with Gasteiger partial charge in [-0.25, -0.2) is 9.78 Å². The van der Waals surface area contributed by atoms with E-state index in [0.29, 0.717) is 29.7 Å². The van der Waals surface area contributed by atoms with Gasteiger partial charge >= 0.3 is 5.97 Å². The van der Waals surface area contributed by atoms with Crippen LogP contribution in [0.15, 0.2) is 51.6 Å². The number of carbonyl (C=O) groups is 1. The highest BCUT2D eigenvalue weighted by Crippen LogP contribution is 2.27. The van der Waals surface area contributed by atoms with Gasteiger partial charge < -0.3 is 14.7 Å². The zero-order valence-electron chi connectivity index (χ0n) is 14.0. The number of aromatic carboxylic acids is 1. The Balaban J connectivity index is 2.23. The molecule has 1 aromatic heterocycles. The van der Waals surface area contributed by atoms with Crippen molar-refractivity contribution in [2.75, 3.05) is 18.1 Å². The molecule has 0 aliphatic heterocycles. The molecule has 0 bridgehead atoms. The summed E-state index contributed by atoms with van der Waals surface area (Å²) < 4.78 is 6.67. The first-order chi connectivity index (χ1) is 12.4. The summed E-state index contributed by atoms with van der Waals surface area (Å²) in [5.74, 6) is 0.367. The summed E-state index contributed by atoms with van der Waals surface area (Å²) in [5, 5.41) is 9.40. The second kappa shape index (κ2) is 9.80. The number of hydrogen-bond donors (Lipinski definition) is 1. The Kier molecular flexibility index (Phi) is 7.75. The van der Waals surface area contributed by atoms with Crippen LogP contribution in [0.3, 0.4) is 0 Å². The van der Waals surface area contributed by atoms with Crippen molar-refractivity contribution in [1.82, 2.24) is 4.98 Å². The molecule has 0 radical (unpaired) electrons. The SMILES string of the molecule is CCN(Cc1cc(Br)ccc1OC/C(Cl)=C\Cl)c1ccc(C(=O)O)cn1. The standard InChI is InChI=1S/C18H17BrCl2N2O3/c1-2-23(17-6-3-12(9-22-17)18(24)25)10-13-7-14(19)4-5-16(13)26-11-15(21)8-20/h3-9H,2,10-11H2,1H3,(H,24,25)/b15-8+. The monoisotopic (exact) mass is 458 g/mol. The minimum absolute atomic E-state index is 0.152. The van der Waals surface area contributed by atoms with Gasteiger partial charge in [-0.3, -0.25) is 0 Å². The third-order valence-corrected chi connectivity index (χ3v) is 4.65. The minimum atomic E-state index is -1.00. The molecule has 1 N–H and O–H groups in total. The maximum atomic E-state index is 11.0. The lowest BCUT2D eigenvalue weighted by Gasteiger charge is -2.23. The molecule has 2 aromatic rings. The Morgan fingerprint density at radius 1 is 1.38 bits per heavy atom. The van der Waals surface area contributed by atoms with Crippen molar-refractivity contribution in [2.24, 2.45) is 0 Å². The van der Waals surface area contributed by atoms with E-state index in [1.165, 1.54) is 17.8 Å². The summed E-state index contributed by atoms with van der Waals surface area (Å²) >= 11 is 14.9. The van der Waals surface area contributed by atoms with Crippen LogP contribution in [0.4, 0.5) is 5.82 Å². The van der Waals surface area contributed by atoms with Crippen molar-refractivity contribution in [3.63, 3.8) is 0 Å². The number of hydrogen-bond acceptors (Lipinski definition) is 4. The summed E-state index contributed by atoms with van der Waals surface area (Å²) in [6, 6.07) is 8.93. The lowest BCUT2D eigenvalue weighted by atomic mass is 10.2. The number of nitrogens with zero attached hydrogens (tertiary/aromatic N) is 2. The van der Waals surface area contributed by atoms with Gasteiger partial charge in [-0.1, -0.05) is 39.1 Å². The lowest BCUT2D eigenvalue weighted by Crippen LogP contribution is -2.23. The van der Waals surface area contributed by atoms with Crippen LogP contribution >= 0.6 is 39.1 Å². The van der Waals surface area contributed by atoms with Gasteiger partial charge in [0.2, 0.25) is 0 Å². The quantitative estimate of drug-likeness (QED) is 0.582. The van der Waals surface area contributed by atoms with Crippen LogP contribution < -0.4 is 9.64 Å². The molecule has 0 saturated heterocycles. The van der Waals surface area contributed by atoms with Crippen LogP contribution in [-0.2, 0) is 6.54 Å². The first-order valence-corrected chi connectivity index (χ1v) is 9.35. The minimum Gasteiger partial charge on any atom is -0.488 e. The van der Waals surface area contributed by atoms with Gasteiger partial charge in [-0.05, 0) is 37.3 Å². The van der Waals surface area contributed by atoms with Crippen LogP contribution in [0, 0.1) is 0 Å². The molecule has 0 fully saturated rings. The molecule has 0 aliphatic carbocycles. The molecular formula is C18H17BrCl2N2O3. The molecule has 0 aliphatic rings. The molecule has 26 heavy (non-hydrogen) atoms. The Bertz CT molecular complexity index is 798. The van der Waals surface area contributed by atoms with E-state index in [2.05, 4.69) is 20.9 Å². The molecule has 0 spiro atoms. The predicted molar refractivity (Wildman–Crippen MR) is 107 cm³/mol. The fraction of sp³-hybridized carbons (Fsp3) is 0.222. The molecule has 5 nitrogen and oxygen atoms in total. The van der Waals surface area contributed by atoms with E-state index in [1.807, 2.05) is 30.0 Å². The molecule has 2 rings (SSSR count). The number of rotatable bonds is 8. The van der Waals surface area contributed by atoms with Crippen molar-refractivity contribution >= 4 is 50.9 Å². The van der Waals surface area contributed by atoms with Gasteiger partial charge in [-0.15, -0.1) is 0 Å². The van der Waals surface area contributed by atoms with E-state index in [-0.39, 0.29) is 12.2 Å². The number of anilines is 1. The Labute approximate surface area is 170 Å². The highest BCUT2D eigenvalue weighted by molar-refractivity contribution is 9.10. The third kappa shape index (κ3) is 5.62. The van der Waals surface area contributed by atoms with Crippen molar-refractivity contribution < 1.29 is 14.6 Å². The topological polar surface area (TPSA) is 62.7 Å². The van der Waals surface area contributed by atoms with E-state index < -0.39 is 5.97 Å². The Hall–Kier alpha value is -1.76. The number of carboxylic acids is 1. The van der Waals surface area contributed by atoms with E-state index in [1.54, 1.807) is 6.07 Å². The summed E-state index contributed by atoms with van der Waals surface area (Å²) in [6.07, 6.45) is 1.35. The maximum absolute atomic E-state index is 11.0. The van der Waals surface area contributed by atoms with Crippen molar-refractivity contribution in [3.8, 4) is 5.75 Å². The zero-order valence-corrected chi connectivity index (χ0v) is 17.1. The highest BCUT2D eigenvalue weighted by atomic mass is 79.9. The van der Waals surface area contributed by atoms with E-state index in [0.717, 1.165) is 10.0 Å². The largest absolute Gasteiger partial charge is 0.488 e. The molecule has 0 unspecified atom stereocenters. The summed E-state index contributed by atoms with van der Waals surface area (Å²) in [5.41, 5.74) is 2.36. The van der Waals surface area contributed by atoms with E-state index >= 15 is 0 Å². The first-order valence-electron chi connectivity index (χ1n) is 7.74. The second-order valence-electron chi connectivity index (χ2n) is 5.32. The average Bonchev–Trinajstić information content (AvgIpc) is 2.65. The molecule has 0 amide bonds. The number of carboxylic acid groups (broad SMARTS) is 1. The molecule has 1 aromatic carbocycles. The van der Waals surface area contributed by atoms with Gasteiger partial charge in [-0.2, -0.15) is 0 Å². The van der Waals surface area contributed by atoms with E-state index in [9.17, 15) is 4.79 Å². The normalized spacial score (nSPS) is 11.3. The van der Waals surface area contributed by atoms with Crippen LogP contribution in [0.2, 0.25) is 0 Å². The Morgan fingerprint density at radius 3 is 2.73 bits per heavy atom. The molecule has 138 valence electrons. The number of benzene rings is 1. The Morgan fingerprint density at radius 2 is 2.15 bits per heavy atom. The molecule has 0 saturated carbocycles. The molecule has 8 heteroatoms. The predicted octanol–water partition coefficient (Wildman–Crippen LogP) is 5.27. The van der Waals surface area contributed by atoms with Crippen LogP contribution in [0.1, 0.15) is 22.8 Å². The van der Waals surface area contributed by atoms with Crippen molar-refractivity contribution in [1.29, 1.82) is 0 Å². The van der Waals surface area contributed by atoms with Crippen LogP contribution in [0.5, 0.6) is 5.75 Å². The van der Waals surface area contributed by atoms with Crippen molar-refractivity contribution in [2.45, 2.75) is 13.5 Å². The van der Waals surface area contributed by atoms with Gasteiger partial charge in [0, 0.05) is 34.9 Å². The number of pyridine rings is 1. The van der Waals surface area contributed by atoms with Gasteiger partial charge in [0.15, 0.2) is 0 Å². The van der Waals surface area contributed by atoms with Crippen LogP contribution in [-0.4, -0.2) is 29.2 Å². The number of aromatic nitrogens is 1. The average molecular weight is 460 g/mol.